The van der Waals surface area contributed by atoms with Gasteiger partial charge in [0.2, 0.25) is 0 Å². The molecule has 1 aromatic rings. The maximum absolute atomic E-state index is 12.0. The summed E-state index contributed by atoms with van der Waals surface area (Å²) in [6.45, 7) is 2.02. The molecule has 0 bridgehead atoms. The Morgan fingerprint density at radius 3 is 2.94 bits per heavy atom. The predicted molar refractivity (Wildman–Crippen MR) is 70.1 cm³/mol. The van der Waals surface area contributed by atoms with Crippen molar-refractivity contribution in [1.82, 2.24) is 5.32 Å². The van der Waals surface area contributed by atoms with Crippen molar-refractivity contribution in [1.29, 1.82) is 0 Å². The van der Waals surface area contributed by atoms with E-state index in [2.05, 4.69) is 24.1 Å². The van der Waals surface area contributed by atoms with Gasteiger partial charge in [0, 0.05) is 17.2 Å². The van der Waals surface area contributed by atoms with Crippen LogP contribution in [0.25, 0.3) is 0 Å². The smallest absolute Gasteiger partial charge is 0.251 e. The number of aliphatic hydroxyl groups excluding tert-OH is 1. The number of hydrogen-bond acceptors (Lipinski definition) is 2. The first-order chi connectivity index (χ1) is 8.69. The van der Waals surface area contributed by atoms with Gasteiger partial charge in [-0.1, -0.05) is 24.8 Å². The molecule has 0 radical (unpaired) electrons. The summed E-state index contributed by atoms with van der Waals surface area (Å²) in [7, 11) is 0. The summed E-state index contributed by atoms with van der Waals surface area (Å²) in [6, 6.07) is 7.48. The molecule has 0 unspecified atom stereocenters. The normalized spacial score (nSPS) is 21.4. The van der Waals surface area contributed by atoms with Gasteiger partial charge in [0.1, 0.15) is 6.61 Å². The summed E-state index contributed by atoms with van der Waals surface area (Å²) < 4.78 is 0. The van der Waals surface area contributed by atoms with E-state index in [-0.39, 0.29) is 12.5 Å². The van der Waals surface area contributed by atoms with Crippen LogP contribution in [0.4, 0.5) is 0 Å². The van der Waals surface area contributed by atoms with Gasteiger partial charge in [-0.15, -0.1) is 0 Å². The number of amides is 1. The zero-order valence-corrected chi connectivity index (χ0v) is 10.4. The van der Waals surface area contributed by atoms with E-state index in [1.54, 1.807) is 18.2 Å². The summed E-state index contributed by atoms with van der Waals surface area (Å²) in [5, 5.41) is 11.6. The van der Waals surface area contributed by atoms with Crippen LogP contribution >= 0.6 is 0 Å². The minimum Gasteiger partial charge on any atom is -0.384 e. The Kier molecular flexibility index (Phi) is 4.01. The second-order valence-corrected chi connectivity index (χ2v) is 4.79. The molecular weight excluding hydrogens is 226 g/mol. The molecule has 1 aromatic carbocycles. The topological polar surface area (TPSA) is 49.3 Å². The van der Waals surface area contributed by atoms with Crippen LogP contribution in [0, 0.1) is 17.8 Å². The van der Waals surface area contributed by atoms with E-state index in [9.17, 15) is 4.79 Å². The Morgan fingerprint density at radius 1 is 1.50 bits per heavy atom. The van der Waals surface area contributed by atoms with E-state index in [1.165, 1.54) is 0 Å². The predicted octanol–water partition coefficient (Wildman–Crippen LogP) is 1.56. The van der Waals surface area contributed by atoms with E-state index in [0.29, 0.717) is 11.6 Å². The van der Waals surface area contributed by atoms with Crippen molar-refractivity contribution in [2.75, 3.05) is 6.61 Å². The van der Waals surface area contributed by atoms with E-state index in [0.717, 1.165) is 24.3 Å². The average molecular weight is 243 g/mol. The molecule has 1 amide bonds. The van der Waals surface area contributed by atoms with Gasteiger partial charge in [-0.25, -0.2) is 0 Å². The summed E-state index contributed by atoms with van der Waals surface area (Å²) >= 11 is 0. The summed E-state index contributed by atoms with van der Waals surface area (Å²) in [5.41, 5.74) is 1.37. The summed E-state index contributed by atoms with van der Waals surface area (Å²) in [6.07, 6.45) is 2.13. The molecule has 1 aliphatic rings. The Balaban J connectivity index is 2.01. The first-order valence-electron chi connectivity index (χ1n) is 6.19. The zero-order valence-electron chi connectivity index (χ0n) is 10.4. The van der Waals surface area contributed by atoms with Gasteiger partial charge in [-0.2, -0.15) is 0 Å². The molecule has 0 heterocycles. The fourth-order valence-corrected chi connectivity index (χ4v) is 2.17. The molecule has 0 atom stereocenters. The minimum absolute atomic E-state index is 0.0421. The Labute approximate surface area is 107 Å². The van der Waals surface area contributed by atoms with E-state index >= 15 is 0 Å². The Morgan fingerprint density at radius 2 is 2.28 bits per heavy atom. The highest BCUT2D eigenvalue weighted by molar-refractivity contribution is 5.94. The van der Waals surface area contributed by atoms with Crippen LogP contribution in [0.2, 0.25) is 0 Å². The number of carbonyl (C=O) groups is 1. The van der Waals surface area contributed by atoms with Crippen LogP contribution in [-0.2, 0) is 0 Å². The molecular formula is C15H17NO2. The lowest BCUT2D eigenvalue weighted by Gasteiger charge is -2.33. The third-order valence-electron chi connectivity index (χ3n) is 3.15. The molecule has 1 aliphatic carbocycles. The summed E-state index contributed by atoms with van der Waals surface area (Å²) in [5.74, 6) is 6.05. The highest BCUT2D eigenvalue weighted by atomic mass is 16.2. The van der Waals surface area contributed by atoms with Crippen molar-refractivity contribution < 1.29 is 9.90 Å². The van der Waals surface area contributed by atoms with Crippen LogP contribution in [0.5, 0.6) is 0 Å². The highest BCUT2D eigenvalue weighted by Crippen LogP contribution is 2.26. The van der Waals surface area contributed by atoms with Gasteiger partial charge in [0.25, 0.3) is 5.91 Å². The molecule has 0 spiro atoms. The molecule has 18 heavy (non-hydrogen) atoms. The van der Waals surface area contributed by atoms with Gasteiger partial charge < -0.3 is 10.4 Å². The van der Waals surface area contributed by atoms with E-state index in [4.69, 9.17) is 5.11 Å². The van der Waals surface area contributed by atoms with Gasteiger partial charge in [-0.05, 0) is 37.0 Å². The van der Waals surface area contributed by atoms with Gasteiger partial charge >= 0.3 is 0 Å². The van der Waals surface area contributed by atoms with Crippen LogP contribution in [0.3, 0.4) is 0 Å². The molecule has 0 saturated heterocycles. The van der Waals surface area contributed by atoms with E-state index in [1.807, 2.05) is 6.07 Å². The van der Waals surface area contributed by atoms with Gasteiger partial charge in [0.15, 0.2) is 0 Å². The SMILES string of the molecule is CC1CC(NC(=O)c2cccc(C#CCO)c2)C1. The van der Waals surface area contributed by atoms with Crippen molar-refractivity contribution in [3.05, 3.63) is 35.4 Å². The van der Waals surface area contributed by atoms with Crippen molar-refractivity contribution >= 4 is 5.91 Å². The maximum Gasteiger partial charge on any atom is 0.251 e. The minimum atomic E-state index is -0.170. The molecule has 1 saturated carbocycles. The second-order valence-electron chi connectivity index (χ2n) is 4.79. The average Bonchev–Trinajstić information content (AvgIpc) is 2.35. The first kappa shape index (κ1) is 12.7. The Bertz CT molecular complexity index is 493. The van der Waals surface area contributed by atoms with Gasteiger partial charge in [0.05, 0.1) is 0 Å². The lowest BCUT2D eigenvalue weighted by Crippen LogP contribution is -2.43. The zero-order chi connectivity index (χ0) is 13.0. The number of rotatable bonds is 2. The summed E-state index contributed by atoms with van der Waals surface area (Å²) in [4.78, 5) is 12.0. The van der Waals surface area contributed by atoms with Crippen molar-refractivity contribution in [3.8, 4) is 11.8 Å². The van der Waals surface area contributed by atoms with Crippen LogP contribution in [0.1, 0.15) is 35.7 Å². The Hall–Kier alpha value is -1.79. The van der Waals surface area contributed by atoms with Crippen LogP contribution < -0.4 is 5.32 Å². The third-order valence-corrected chi connectivity index (χ3v) is 3.15. The molecule has 0 aromatic heterocycles. The first-order valence-corrected chi connectivity index (χ1v) is 6.19. The van der Waals surface area contributed by atoms with Crippen molar-refractivity contribution in [2.24, 2.45) is 5.92 Å². The number of benzene rings is 1. The van der Waals surface area contributed by atoms with Crippen LogP contribution in [-0.4, -0.2) is 23.7 Å². The van der Waals surface area contributed by atoms with Crippen LogP contribution in [0.15, 0.2) is 24.3 Å². The lowest BCUT2D eigenvalue weighted by molar-refractivity contribution is 0.0896. The molecule has 3 heteroatoms. The third kappa shape index (κ3) is 3.12. The fourth-order valence-electron chi connectivity index (χ4n) is 2.17. The van der Waals surface area contributed by atoms with Crippen molar-refractivity contribution in [2.45, 2.75) is 25.8 Å². The number of nitrogens with one attached hydrogen (secondary N) is 1. The molecule has 2 rings (SSSR count). The number of aliphatic hydroxyl groups is 1. The molecule has 2 N–H and O–H groups in total. The number of hydrogen-bond donors (Lipinski definition) is 2. The largest absolute Gasteiger partial charge is 0.384 e. The van der Waals surface area contributed by atoms with Gasteiger partial charge in [-0.3, -0.25) is 4.79 Å². The highest BCUT2D eigenvalue weighted by Gasteiger charge is 2.26. The lowest BCUT2D eigenvalue weighted by atomic mass is 9.82. The van der Waals surface area contributed by atoms with E-state index < -0.39 is 0 Å². The monoisotopic (exact) mass is 243 g/mol. The quantitative estimate of drug-likeness (QED) is 0.774. The second kappa shape index (κ2) is 5.70. The number of carbonyl (C=O) groups excluding carboxylic acids is 1. The molecule has 3 nitrogen and oxygen atoms in total. The fraction of sp³-hybridized carbons (Fsp3) is 0.400. The van der Waals surface area contributed by atoms with Crippen molar-refractivity contribution in [3.63, 3.8) is 0 Å². The molecule has 0 aliphatic heterocycles. The maximum atomic E-state index is 12.0. The standard InChI is InChI=1S/C15H17NO2/c1-11-8-14(9-11)16-15(18)13-6-2-4-12(10-13)5-3-7-17/h2,4,6,10-11,14,17H,7-9H2,1H3,(H,16,18). The molecule has 94 valence electrons. The molecule has 1 fully saturated rings.